The molecule has 2 amide bonds. The number of nitrogens with zero attached hydrogens (tertiary/aromatic N) is 1. The number of carbonyl (C=O) groups is 5. The first kappa shape index (κ1) is 42.7. The molecule has 2 unspecified atom stereocenters. The number of unbranched alkanes of at least 4 members (excludes halogenated alkanes) is 1. The van der Waals surface area contributed by atoms with Gasteiger partial charge in [0, 0.05) is 19.5 Å². The van der Waals surface area contributed by atoms with Crippen LogP contribution in [0.2, 0.25) is 0 Å². The zero-order valence-corrected chi connectivity index (χ0v) is 32.2. The molecule has 14 nitrogen and oxygen atoms in total. The molecule has 4 atom stereocenters. The summed E-state index contributed by atoms with van der Waals surface area (Å²) in [4.78, 5) is 65.9. The van der Waals surface area contributed by atoms with Gasteiger partial charge in [0.1, 0.15) is 18.8 Å². The number of alkyl carbamates (subject to hydrolysis) is 1. The van der Waals surface area contributed by atoms with E-state index in [2.05, 4.69) is 5.32 Å². The van der Waals surface area contributed by atoms with Crippen LogP contribution in [0.5, 0.6) is 0 Å². The van der Waals surface area contributed by atoms with E-state index in [4.69, 9.17) is 23.3 Å². The lowest BCUT2D eigenvalue weighted by atomic mass is 9.98. The molecule has 0 bridgehead atoms. The highest BCUT2D eigenvalue weighted by atomic mass is 31.2. The highest BCUT2D eigenvalue weighted by molar-refractivity contribution is 7.54. The fraction of sp³-hybridized carbons (Fsp3) is 0.425. The van der Waals surface area contributed by atoms with Gasteiger partial charge in [-0.05, 0) is 76.1 Å². The molecule has 1 aliphatic rings. The lowest BCUT2D eigenvalue weighted by Gasteiger charge is -2.32. The molecule has 3 aromatic rings. The van der Waals surface area contributed by atoms with Gasteiger partial charge < -0.3 is 29.5 Å². The van der Waals surface area contributed by atoms with Crippen molar-refractivity contribution in [3.8, 4) is 0 Å². The van der Waals surface area contributed by atoms with Crippen molar-refractivity contribution in [1.29, 1.82) is 0 Å². The first-order chi connectivity index (χ1) is 26.3. The van der Waals surface area contributed by atoms with E-state index < -0.39 is 67.7 Å². The number of esters is 2. The topological polar surface area (TPSA) is 184 Å². The molecule has 0 spiro atoms. The number of hydrogen-bond donors (Lipinski definition) is 2. The summed E-state index contributed by atoms with van der Waals surface area (Å²) >= 11 is 0. The minimum Gasteiger partial charge on any atom is -0.480 e. The number of carboxylic acids is 1. The number of likely N-dealkylation sites (tertiary alicyclic amines) is 1. The largest absolute Gasteiger partial charge is 0.480 e. The Labute approximate surface area is 321 Å². The lowest BCUT2D eigenvalue weighted by molar-refractivity contribution is -0.161. The van der Waals surface area contributed by atoms with Crippen LogP contribution in [0.1, 0.15) is 74.4 Å². The number of ether oxygens (including phenoxy) is 3. The van der Waals surface area contributed by atoms with Crippen molar-refractivity contribution in [3.63, 3.8) is 0 Å². The molecule has 2 N–H and O–H groups in total. The Hall–Kier alpha value is -5.04. The molecule has 1 aliphatic heterocycles. The van der Waals surface area contributed by atoms with E-state index in [-0.39, 0.29) is 50.9 Å². The van der Waals surface area contributed by atoms with E-state index in [0.717, 1.165) is 5.56 Å². The van der Waals surface area contributed by atoms with Gasteiger partial charge in [0.25, 0.3) is 5.91 Å². The zero-order valence-electron chi connectivity index (χ0n) is 31.3. The smallest absolute Gasteiger partial charge is 0.407 e. The lowest BCUT2D eigenvalue weighted by Crippen LogP contribution is -2.46. The molecular weight excluding hydrogens is 731 g/mol. The predicted octanol–water partition coefficient (Wildman–Crippen LogP) is 6.73. The van der Waals surface area contributed by atoms with Gasteiger partial charge in [-0.25, -0.2) is 14.4 Å². The summed E-state index contributed by atoms with van der Waals surface area (Å²) in [7, 11) is -4.79. The fourth-order valence-corrected chi connectivity index (χ4v) is 7.41. The van der Waals surface area contributed by atoms with Crippen molar-refractivity contribution in [2.75, 3.05) is 19.9 Å². The van der Waals surface area contributed by atoms with Gasteiger partial charge >= 0.3 is 31.6 Å². The third-order valence-corrected chi connectivity index (χ3v) is 10.6. The molecule has 1 fully saturated rings. The highest BCUT2D eigenvalue weighted by Gasteiger charge is 2.46. The molecule has 296 valence electrons. The molecule has 1 saturated heterocycles. The van der Waals surface area contributed by atoms with Crippen LogP contribution in [0.25, 0.3) is 0 Å². The number of aliphatic carboxylic acids is 1. The average Bonchev–Trinajstić information content (AvgIpc) is 3.67. The van der Waals surface area contributed by atoms with E-state index in [0.29, 0.717) is 18.4 Å². The van der Waals surface area contributed by atoms with Crippen LogP contribution in [0.15, 0.2) is 91.0 Å². The van der Waals surface area contributed by atoms with Crippen LogP contribution in [-0.2, 0) is 55.2 Å². The quantitative estimate of drug-likeness (QED) is 0.0431. The summed E-state index contributed by atoms with van der Waals surface area (Å²) in [5.74, 6) is -5.11. The van der Waals surface area contributed by atoms with Gasteiger partial charge in [0.05, 0.1) is 11.0 Å². The number of nitrogens with one attached hydrogen (secondary N) is 1. The number of hydrogen-bond acceptors (Lipinski definition) is 11. The Morgan fingerprint density at radius 1 is 0.873 bits per heavy atom. The molecule has 0 radical (unpaired) electrons. The van der Waals surface area contributed by atoms with Gasteiger partial charge in [-0.2, -0.15) is 0 Å². The van der Waals surface area contributed by atoms with E-state index in [1.807, 2.05) is 30.3 Å². The van der Waals surface area contributed by atoms with Gasteiger partial charge in [-0.1, -0.05) is 78.9 Å². The molecular formula is C40H49N2O12P. The van der Waals surface area contributed by atoms with Gasteiger partial charge in [0.15, 0.2) is 0 Å². The third kappa shape index (κ3) is 13.3. The molecule has 0 aromatic heterocycles. The normalized spacial score (nSPS) is 16.3. The number of carboxylic acid groups (broad SMARTS) is 1. The summed E-state index contributed by atoms with van der Waals surface area (Å²) in [6, 6.07) is 24.7. The van der Waals surface area contributed by atoms with Gasteiger partial charge in [-0.3, -0.25) is 23.2 Å². The third-order valence-electron chi connectivity index (χ3n) is 8.64. The van der Waals surface area contributed by atoms with Crippen LogP contribution in [0.4, 0.5) is 4.79 Å². The van der Waals surface area contributed by atoms with E-state index >= 15 is 4.57 Å². The molecule has 3 aromatic carbocycles. The summed E-state index contributed by atoms with van der Waals surface area (Å²) in [6.07, 6.45) is -1.22. The molecule has 1 heterocycles. The standard InChI is InChI=1S/C40H49N2O12P/c1-40(2,3)38(47)51-28-52-55(49,34(26-29-16-7-4-8-17-29)53-37(46)31-20-11-6-12-21-31)54-33(35(43)42-25-15-22-32(42)36(44)45)23-13-14-24-41-39(48)50-27-30-18-9-5-10-19-30/h4-12,16-21,32-34H,13-15,22-28H2,1-3H3,(H,41,48)(H,44,45)/t32-,33-,34?,55?/m0/s1. The summed E-state index contributed by atoms with van der Waals surface area (Å²) < 4.78 is 43.5. The first-order valence-corrected chi connectivity index (χ1v) is 19.8. The van der Waals surface area contributed by atoms with E-state index in [9.17, 15) is 29.1 Å². The maximum atomic E-state index is 15.2. The van der Waals surface area contributed by atoms with Crippen molar-refractivity contribution in [1.82, 2.24) is 10.2 Å². The molecule has 15 heteroatoms. The summed E-state index contributed by atoms with van der Waals surface area (Å²) in [5.41, 5.74) is 0.609. The van der Waals surface area contributed by atoms with Crippen molar-refractivity contribution in [2.24, 2.45) is 5.41 Å². The molecule has 0 aliphatic carbocycles. The second kappa shape index (κ2) is 20.6. The second-order valence-electron chi connectivity index (χ2n) is 14.0. The maximum absolute atomic E-state index is 15.2. The van der Waals surface area contributed by atoms with Crippen LogP contribution < -0.4 is 5.32 Å². The first-order valence-electron chi connectivity index (χ1n) is 18.1. The van der Waals surface area contributed by atoms with Crippen LogP contribution >= 0.6 is 7.60 Å². The monoisotopic (exact) mass is 780 g/mol. The van der Waals surface area contributed by atoms with E-state index in [1.165, 1.54) is 17.0 Å². The Kier molecular flexibility index (Phi) is 16.0. The number of rotatable bonds is 19. The minimum atomic E-state index is -4.79. The minimum absolute atomic E-state index is 0.0804. The second-order valence-corrected chi connectivity index (χ2v) is 16.1. The van der Waals surface area contributed by atoms with E-state index in [1.54, 1.807) is 69.3 Å². The maximum Gasteiger partial charge on any atom is 0.407 e. The van der Waals surface area contributed by atoms with Gasteiger partial charge in [0.2, 0.25) is 12.6 Å². The molecule has 4 rings (SSSR count). The Balaban J connectivity index is 1.59. The van der Waals surface area contributed by atoms with Crippen molar-refractivity contribution in [2.45, 2.75) is 83.9 Å². The Bertz CT molecular complexity index is 1770. The Morgan fingerprint density at radius 3 is 2.11 bits per heavy atom. The van der Waals surface area contributed by atoms with Crippen LogP contribution in [0, 0.1) is 5.41 Å². The van der Waals surface area contributed by atoms with Crippen LogP contribution in [-0.4, -0.2) is 77.8 Å². The number of benzene rings is 3. The highest BCUT2D eigenvalue weighted by Crippen LogP contribution is 2.56. The Morgan fingerprint density at radius 2 is 1.49 bits per heavy atom. The van der Waals surface area contributed by atoms with Crippen molar-refractivity contribution < 1.29 is 56.9 Å². The number of amides is 2. The van der Waals surface area contributed by atoms with Gasteiger partial charge in [-0.15, -0.1) is 0 Å². The predicted molar refractivity (Wildman–Crippen MR) is 201 cm³/mol. The zero-order chi connectivity index (χ0) is 39.8. The van der Waals surface area contributed by atoms with Crippen molar-refractivity contribution >= 4 is 37.5 Å². The number of carbonyl (C=O) groups excluding carboxylic acids is 4. The molecule has 0 saturated carbocycles. The summed E-state index contributed by atoms with van der Waals surface area (Å²) in [5, 5.41) is 12.5. The fourth-order valence-electron chi connectivity index (χ4n) is 5.64. The SMILES string of the molecule is CC(C)(C)C(=O)OCOP(=O)(O[C@@H](CCCCNC(=O)OCc1ccccc1)C(=O)N1CCC[C@H]1C(=O)O)C(Cc1ccccc1)OC(=O)c1ccccc1. The average molecular weight is 781 g/mol. The summed E-state index contributed by atoms with van der Waals surface area (Å²) in [6.45, 7) is 4.36. The molecule has 55 heavy (non-hydrogen) atoms. The van der Waals surface area contributed by atoms with Crippen molar-refractivity contribution in [3.05, 3.63) is 108 Å². The van der Waals surface area contributed by atoms with Crippen LogP contribution in [0.3, 0.4) is 0 Å².